The highest BCUT2D eigenvalue weighted by Gasteiger charge is 1.95. The second kappa shape index (κ2) is 7.91. The summed E-state index contributed by atoms with van der Waals surface area (Å²) in [5.74, 6) is 0.881. The highest BCUT2D eigenvalue weighted by molar-refractivity contribution is 5.55. The number of carbonyl (C=O) groups excluding carboxylic acids is 1. The maximum absolute atomic E-state index is 10.2. The zero-order valence-electron chi connectivity index (χ0n) is 9.87. The molecule has 0 saturated heterocycles. The average Bonchev–Trinajstić information content (AvgIpc) is 2.31. The quantitative estimate of drug-likeness (QED) is 0.627. The summed E-state index contributed by atoms with van der Waals surface area (Å²) in [5.41, 5.74) is 0.980. The summed E-state index contributed by atoms with van der Waals surface area (Å²) in [5, 5.41) is 0. The Kier molecular flexibility index (Phi) is 6.31. The van der Waals surface area contributed by atoms with E-state index in [-0.39, 0.29) is 0 Å². The molecule has 0 aromatic heterocycles. The lowest BCUT2D eigenvalue weighted by Gasteiger charge is -2.06. The molecule has 1 radical (unpaired) electrons. The van der Waals surface area contributed by atoms with Crippen LogP contribution in [0.5, 0.6) is 5.75 Å². The van der Waals surface area contributed by atoms with Crippen molar-refractivity contribution in [3.05, 3.63) is 29.8 Å². The molecule has 0 bridgehead atoms. The molecule has 2 heteroatoms. The van der Waals surface area contributed by atoms with E-state index in [2.05, 4.69) is 6.92 Å². The zero-order valence-corrected chi connectivity index (χ0v) is 9.87. The Labute approximate surface area is 97.6 Å². The van der Waals surface area contributed by atoms with E-state index in [4.69, 9.17) is 4.74 Å². The first-order valence-electron chi connectivity index (χ1n) is 5.93. The molecule has 87 valence electrons. The molecule has 0 saturated carbocycles. The van der Waals surface area contributed by atoms with Crippen molar-refractivity contribution < 1.29 is 9.53 Å². The van der Waals surface area contributed by atoms with Crippen molar-refractivity contribution in [2.45, 2.75) is 39.0 Å². The van der Waals surface area contributed by atoms with Crippen LogP contribution < -0.4 is 4.74 Å². The van der Waals surface area contributed by atoms with Crippen molar-refractivity contribution in [1.82, 2.24) is 0 Å². The Balaban J connectivity index is 2.23. The van der Waals surface area contributed by atoms with Crippen molar-refractivity contribution in [2.75, 3.05) is 6.61 Å². The van der Waals surface area contributed by atoms with Crippen molar-refractivity contribution in [1.29, 1.82) is 0 Å². The van der Waals surface area contributed by atoms with Crippen molar-refractivity contribution >= 4 is 6.29 Å². The molecule has 16 heavy (non-hydrogen) atoms. The first-order valence-corrected chi connectivity index (χ1v) is 5.93. The lowest BCUT2D eigenvalue weighted by Crippen LogP contribution is -1.97. The van der Waals surface area contributed by atoms with Gasteiger partial charge in [-0.15, -0.1) is 0 Å². The van der Waals surface area contributed by atoms with Gasteiger partial charge in [0.2, 0.25) is 6.29 Å². The van der Waals surface area contributed by atoms with E-state index in [0.717, 1.165) is 24.3 Å². The molecule has 2 nitrogen and oxygen atoms in total. The van der Waals surface area contributed by atoms with Gasteiger partial charge >= 0.3 is 0 Å². The van der Waals surface area contributed by atoms with Crippen LogP contribution in [-0.2, 0) is 11.2 Å². The maximum atomic E-state index is 10.2. The molecule has 0 N–H and O–H groups in total. The summed E-state index contributed by atoms with van der Waals surface area (Å²) in [7, 11) is 0. The van der Waals surface area contributed by atoms with Crippen LogP contribution in [0.25, 0.3) is 0 Å². The first kappa shape index (κ1) is 12.8. The predicted molar refractivity (Wildman–Crippen MR) is 65.5 cm³/mol. The van der Waals surface area contributed by atoms with Crippen LogP contribution in [0.2, 0.25) is 0 Å². The van der Waals surface area contributed by atoms with E-state index in [0.29, 0.717) is 6.42 Å². The van der Waals surface area contributed by atoms with Gasteiger partial charge in [0.05, 0.1) is 6.61 Å². The molecule has 0 heterocycles. The van der Waals surface area contributed by atoms with Crippen molar-refractivity contribution in [3.8, 4) is 5.75 Å². The highest BCUT2D eigenvalue weighted by Crippen LogP contribution is 2.13. The molecule has 0 amide bonds. The number of hydrogen-bond donors (Lipinski definition) is 0. The molecule has 0 aliphatic rings. The summed E-state index contributed by atoms with van der Waals surface area (Å²) >= 11 is 0. The summed E-state index contributed by atoms with van der Waals surface area (Å²) < 4.78 is 5.59. The summed E-state index contributed by atoms with van der Waals surface area (Å²) in [6.07, 6.45) is 7.10. The van der Waals surface area contributed by atoms with Gasteiger partial charge in [0, 0.05) is 6.42 Å². The van der Waals surface area contributed by atoms with Gasteiger partial charge in [0.15, 0.2) is 0 Å². The van der Waals surface area contributed by atoms with Gasteiger partial charge in [-0.05, 0) is 24.1 Å². The van der Waals surface area contributed by atoms with Crippen LogP contribution in [0, 0.1) is 0 Å². The minimum Gasteiger partial charge on any atom is -0.494 e. The summed E-state index contributed by atoms with van der Waals surface area (Å²) in [6, 6.07) is 7.64. The van der Waals surface area contributed by atoms with Crippen molar-refractivity contribution in [2.24, 2.45) is 0 Å². The van der Waals surface area contributed by atoms with E-state index >= 15 is 0 Å². The van der Waals surface area contributed by atoms with Gasteiger partial charge in [-0.2, -0.15) is 0 Å². The van der Waals surface area contributed by atoms with Crippen LogP contribution in [0.4, 0.5) is 0 Å². The molecular weight excluding hydrogens is 200 g/mol. The van der Waals surface area contributed by atoms with E-state index < -0.39 is 0 Å². The third kappa shape index (κ3) is 4.96. The maximum Gasteiger partial charge on any atom is 0.203 e. The van der Waals surface area contributed by atoms with Crippen LogP contribution in [0.3, 0.4) is 0 Å². The van der Waals surface area contributed by atoms with Gasteiger partial charge < -0.3 is 4.74 Å². The molecule has 0 aliphatic heterocycles. The number of ether oxygens (including phenoxy) is 1. The van der Waals surface area contributed by atoms with Crippen LogP contribution in [0.15, 0.2) is 24.3 Å². The Bertz CT molecular complexity index is 290. The van der Waals surface area contributed by atoms with Gasteiger partial charge in [0.1, 0.15) is 5.75 Å². The Morgan fingerprint density at radius 3 is 2.50 bits per heavy atom. The number of benzene rings is 1. The monoisotopic (exact) mass is 219 g/mol. The number of hydrogen-bond acceptors (Lipinski definition) is 2. The predicted octanol–water partition coefficient (Wildman–Crippen LogP) is 3.30. The molecule has 1 aromatic carbocycles. The molecule has 0 spiro atoms. The summed E-state index contributed by atoms with van der Waals surface area (Å²) in [4.78, 5) is 10.2. The Morgan fingerprint density at radius 1 is 1.12 bits per heavy atom. The number of unbranched alkanes of at least 4 members (excludes halogenated alkanes) is 3. The highest BCUT2D eigenvalue weighted by atomic mass is 16.5. The first-order chi connectivity index (χ1) is 7.86. The third-order valence-electron chi connectivity index (χ3n) is 2.47. The smallest absolute Gasteiger partial charge is 0.203 e. The molecule has 0 aliphatic carbocycles. The normalized spacial score (nSPS) is 10.1. The molecule has 0 atom stereocenters. The second-order valence-corrected chi connectivity index (χ2v) is 3.87. The van der Waals surface area contributed by atoms with Gasteiger partial charge in [-0.25, -0.2) is 0 Å². The van der Waals surface area contributed by atoms with Gasteiger partial charge in [0.25, 0.3) is 0 Å². The van der Waals surface area contributed by atoms with Crippen LogP contribution in [0.1, 0.15) is 38.2 Å². The standard InChI is InChI=1S/C14H19O2/c1-2-3-4-5-12-16-14-8-6-13(7-9-14)10-11-15/h6-9H,2-5,10,12H2,1H3. The topological polar surface area (TPSA) is 26.3 Å². The van der Waals surface area contributed by atoms with E-state index in [1.807, 2.05) is 30.6 Å². The van der Waals surface area contributed by atoms with Crippen LogP contribution >= 0.6 is 0 Å². The van der Waals surface area contributed by atoms with Gasteiger partial charge in [-0.1, -0.05) is 38.3 Å². The fourth-order valence-corrected chi connectivity index (χ4v) is 1.51. The largest absolute Gasteiger partial charge is 0.494 e. The minimum atomic E-state index is 0.358. The molecule has 0 fully saturated rings. The van der Waals surface area contributed by atoms with E-state index in [1.165, 1.54) is 19.3 Å². The second-order valence-electron chi connectivity index (χ2n) is 3.87. The zero-order chi connectivity index (χ0) is 11.6. The molecular formula is C14H19O2. The van der Waals surface area contributed by atoms with Crippen LogP contribution in [-0.4, -0.2) is 12.9 Å². The molecule has 1 aromatic rings. The third-order valence-corrected chi connectivity index (χ3v) is 2.47. The number of rotatable bonds is 8. The Hall–Kier alpha value is -1.31. The Morgan fingerprint density at radius 2 is 1.88 bits per heavy atom. The fraction of sp³-hybridized carbons (Fsp3) is 0.500. The minimum absolute atomic E-state index is 0.358. The average molecular weight is 219 g/mol. The van der Waals surface area contributed by atoms with Gasteiger partial charge in [-0.3, -0.25) is 4.79 Å². The summed E-state index contributed by atoms with van der Waals surface area (Å²) in [6.45, 7) is 2.97. The lowest BCUT2D eigenvalue weighted by molar-refractivity contribution is 0.305. The molecule has 1 rings (SSSR count). The van der Waals surface area contributed by atoms with E-state index in [9.17, 15) is 4.79 Å². The van der Waals surface area contributed by atoms with E-state index in [1.54, 1.807) is 0 Å². The fourth-order valence-electron chi connectivity index (χ4n) is 1.51. The SMILES string of the molecule is CCCCCCOc1ccc(C[C]=O)cc1. The molecule has 0 unspecified atom stereocenters. The lowest BCUT2D eigenvalue weighted by atomic mass is 10.2. The van der Waals surface area contributed by atoms with Crippen molar-refractivity contribution in [3.63, 3.8) is 0 Å².